The van der Waals surface area contributed by atoms with E-state index in [0.29, 0.717) is 11.8 Å². The molecule has 1 heterocycles. The first-order valence-electron chi connectivity index (χ1n) is 8.17. The Kier molecular flexibility index (Phi) is 5.26. The SMILES string of the molecule is CCC1CCCN(C(=O)C2CCCC(C)C2N)CC1. The molecule has 1 aliphatic carbocycles. The molecule has 4 unspecified atom stereocenters. The molecule has 2 fully saturated rings. The van der Waals surface area contributed by atoms with Crippen LogP contribution in [0.1, 0.15) is 58.8 Å². The molecule has 0 bridgehead atoms. The second-order valence-corrected chi connectivity index (χ2v) is 6.62. The molecule has 1 saturated carbocycles. The molecule has 110 valence electrons. The Morgan fingerprint density at radius 3 is 2.68 bits per heavy atom. The van der Waals surface area contributed by atoms with Crippen molar-refractivity contribution >= 4 is 5.91 Å². The van der Waals surface area contributed by atoms with Gasteiger partial charge in [0.2, 0.25) is 5.91 Å². The number of likely N-dealkylation sites (tertiary alicyclic amines) is 1. The summed E-state index contributed by atoms with van der Waals surface area (Å²) in [5.41, 5.74) is 6.28. The highest BCUT2D eigenvalue weighted by Crippen LogP contribution is 2.30. The van der Waals surface area contributed by atoms with E-state index in [2.05, 4.69) is 18.7 Å². The van der Waals surface area contributed by atoms with Gasteiger partial charge < -0.3 is 10.6 Å². The van der Waals surface area contributed by atoms with Crippen LogP contribution in [0.15, 0.2) is 0 Å². The Balaban J connectivity index is 1.95. The van der Waals surface area contributed by atoms with Crippen LogP contribution in [-0.4, -0.2) is 29.9 Å². The molecule has 3 heteroatoms. The third-order valence-electron chi connectivity index (χ3n) is 5.35. The van der Waals surface area contributed by atoms with E-state index in [0.717, 1.165) is 31.8 Å². The van der Waals surface area contributed by atoms with E-state index in [1.54, 1.807) is 0 Å². The maximum absolute atomic E-state index is 12.7. The molecule has 2 aliphatic rings. The lowest BCUT2D eigenvalue weighted by Crippen LogP contribution is -2.49. The van der Waals surface area contributed by atoms with Crippen LogP contribution in [-0.2, 0) is 4.79 Å². The maximum Gasteiger partial charge on any atom is 0.227 e. The average Bonchev–Trinajstić information content (AvgIpc) is 2.66. The number of hydrogen-bond donors (Lipinski definition) is 1. The van der Waals surface area contributed by atoms with E-state index in [1.807, 2.05) is 0 Å². The smallest absolute Gasteiger partial charge is 0.227 e. The molecule has 0 radical (unpaired) electrons. The van der Waals surface area contributed by atoms with Gasteiger partial charge in [-0.1, -0.05) is 26.7 Å². The molecule has 19 heavy (non-hydrogen) atoms. The Morgan fingerprint density at radius 2 is 1.95 bits per heavy atom. The van der Waals surface area contributed by atoms with Crippen LogP contribution >= 0.6 is 0 Å². The number of carbonyl (C=O) groups excluding carboxylic acids is 1. The minimum absolute atomic E-state index is 0.0754. The number of hydrogen-bond acceptors (Lipinski definition) is 2. The van der Waals surface area contributed by atoms with Crippen molar-refractivity contribution in [2.45, 2.75) is 64.8 Å². The van der Waals surface area contributed by atoms with Crippen molar-refractivity contribution in [1.29, 1.82) is 0 Å². The van der Waals surface area contributed by atoms with Crippen molar-refractivity contribution in [3.8, 4) is 0 Å². The minimum atomic E-state index is 0.0754. The minimum Gasteiger partial charge on any atom is -0.342 e. The fourth-order valence-electron chi connectivity index (χ4n) is 3.76. The molecule has 2 N–H and O–H groups in total. The third kappa shape index (κ3) is 3.50. The Morgan fingerprint density at radius 1 is 1.16 bits per heavy atom. The summed E-state index contributed by atoms with van der Waals surface area (Å²) in [5, 5.41) is 0. The van der Waals surface area contributed by atoms with Crippen molar-refractivity contribution in [2.75, 3.05) is 13.1 Å². The zero-order valence-electron chi connectivity index (χ0n) is 12.6. The molecule has 0 aromatic rings. The Hall–Kier alpha value is -0.570. The second-order valence-electron chi connectivity index (χ2n) is 6.62. The van der Waals surface area contributed by atoms with Crippen LogP contribution in [0, 0.1) is 17.8 Å². The molecular weight excluding hydrogens is 236 g/mol. The highest BCUT2D eigenvalue weighted by atomic mass is 16.2. The van der Waals surface area contributed by atoms with Crippen molar-refractivity contribution in [3.05, 3.63) is 0 Å². The van der Waals surface area contributed by atoms with Crippen LogP contribution < -0.4 is 5.73 Å². The van der Waals surface area contributed by atoms with Crippen LogP contribution in [0.25, 0.3) is 0 Å². The molecule has 1 amide bonds. The first-order chi connectivity index (χ1) is 9.13. The molecule has 1 aliphatic heterocycles. The monoisotopic (exact) mass is 266 g/mol. The van der Waals surface area contributed by atoms with Crippen molar-refractivity contribution in [1.82, 2.24) is 4.90 Å². The Labute approximate surface area is 117 Å². The van der Waals surface area contributed by atoms with Gasteiger partial charge in [0.05, 0.1) is 5.92 Å². The lowest BCUT2D eigenvalue weighted by molar-refractivity contribution is -0.137. The quantitative estimate of drug-likeness (QED) is 0.835. The van der Waals surface area contributed by atoms with Crippen molar-refractivity contribution in [3.63, 3.8) is 0 Å². The van der Waals surface area contributed by atoms with E-state index in [4.69, 9.17) is 5.73 Å². The number of amides is 1. The average molecular weight is 266 g/mol. The summed E-state index contributed by atoms with van der Waals surface area (Å²) in [6.45, 7) is 6.36. The van der Waals surface area contributed by atoms with Gasteiger partial charge in [-0.15, -0.1) is 0 Å². The third-order valence-corrected chi connectivity index (χ3v) is 5.35. The molecule has 4 atom stereocenters. The predicted octanol–water partition coefficient (Wildman–Crippen LogP) is 2.79. The number of carbonyl (C=O) groups is 1. The van der Waals surface area contributed by atoms with Gasteiger partial charge in [0, 0.05) is 19.1 Å². The molecule has 2 rings (SSSR count). The van der Waals surface area contributed by atoms with E-state index in [1.165, 1.54) is 32.1 Å². The fraction of sp³-hybridized carbons (Fsp3) is 0.938. The van der Waals surface area contributed by atoms with Crippen molar-refractivity contribution < 1.29 is 4.79 Å². The number of nitrogens with two attached hydrogens (primary N) is 1. The summed E-state index contributed by atoms with van der Waals surface area (Å²) < 4.78 is 0. The van der Waals surface area contributed by atoms with E-state index >= 15 is 0 Å². The van der Waals surface area contributed by atoms with E-state index in [9.17, 15) is 4.79 Å². The van der Waals surface area contributed by atoms with Gasteiger partial charge in [-0.2, -0.15) is 0 Å². The van der Waals surface area contributed by atoms with Gasteiger partial charge >= 0.3 is 0 Å². The second kappa shape index (κ2) is 6.74. The predicted molar refractivity (Wildman–Crippen MR) is 78.7 cm³/mol. The normalized spacial score (nSPS) is 36.9. The van der Waals surface area contributed by atoms with Gasteiger partial charge in [-0.3, -0.25) is 4.79 Å². The zero-order chi connectivity index (χ0) is 13.8. The van der Waals surface area contributed by atoms with Gasteiger partial charge in [-0.25, -0.2) is 0 Å². The summed E-state index contributed by atoms with van der Waals surface area (Å²) in [5.74, 6) is 1.74. The Bertz CT molecular complexity index is 305. The van der Waals surface area contributed by atoms with Crippen LogP contribution in [0.2, 0.25) is 0 Å². The maximum atomic E-state index is 12.7. The van der Waals surface area contributed by atoms with Crippen LogP contribution in [0.4, 0.5) is 0 Å². The van der Waals surface area contributed by atoms with Gasteiger partial charge in [0.15, 0.2) is 0 Å². The highest BCUT2D eigenvalue weighted by molar-refractivity contribution is 5.79. The summed E-state index contributed by atoms with van der Waals surface area (Å²) in [7, 11) is 0. The summed E-state index contributed by atoms with van der Waals surface area (Å²) in [6, 6.07) is 0.0754. The molecule has 1 saturated heterocycles. The highest BCUT2D eigenvalue weighted by Gasteiger charge is 2.35. The van der Waals surface area contributed by atoms with Gasteiger partial charge in [-0.05, 0) is 43.9 Å². The lowest BCUT2D eigenvalue weighted by Gasteiger charge is -2.36. The molecule has 0 spiro atoms. The largest absolute Gasteiger partial charge is 0.342 e. The number of rotatable bonds is 2. The summed E-state index contributed by atoms with van der Waals surface area (Å²) in [4.78, 5) is 14.8. The topological polar surface area (TPSA) is 46.3 Å². The van der Waals surface area contributed by atoms with Crippen molar-refractivity contribution in [2.24, 2.45) is 23.5 Å². The fourth-order valence-corrected chi connectivity index (χ4v) is 3.76. The summed E-state index contributed by atoms with van der Waals surface area (Å²) in [6.07, 6.45) is 8.23. The molecular formula is C16H30N2O. The lowest BCUT2D eigenvalue weighted by atomic mass is 9.77. The van der Waals surface area contributed by atoms with Crippen LogP contribution in [0.3, 0.4) is 0 Å². The standard InChI is InChI=1S/C16H30N2O/c1-3-13-7-5-10-18(11-9-13)16(19)14-8-4-6-12(2)15(14)17/h12-15H,3-11,17H2,1-2H3. The van der Waals surface area contributed by atoms with Gasteiger partial charge in [0.1, 0.15) is 0 Å². The van der Waals surface area contributed by atoms with Gasteiger partial charge in [0.25, 0.3) is 0 Å². The molecule has 3 nitrogen and oxygen atoms in total. The first kappa shape index (κ1) is 14.8. The first-order valence-corrected chi connectivity index (χ1v) is 8.17. The van der Waals surface area contributed by atoms with E-state index in [-0.39, 0.29) is 12.0 Å². The van der Waals surface area contributed by atoms with E-state index < -0.39 is 0 Å². The van der Waals surface area contributed by atoms with Crippen LogP contribution in [0.5, 0.6) is 0 Å². The number of nitrogens with zero attached hydrogens (tertiary/aromatic N) is 1. The summed E-state index contributed by atoms with van der Waals surface area (Å²) >= 11 is 0. The zero-order valence-corrected chi connectivity index (χ0v) is 12.6. The molecule has 0 aromatic carbocycles. The molecule has 0 aromatic heterocycles.